The van der Waals surface area contributed by atoms with Crippen LogP contribution < -0.4 is 14.8 Å². The van der Waals surface area contributed by atoms with E-state index < -0.39 is 29.4 Å². The Bertz CT molecular complexity index is 1140. The SMILES string of the molecule is CNc1c(CC=C(C)CCC(=O)Oc2ccccc2C(F)(F)F)c(OC)c(C)c2c1C(=O)OC2. The predicted octanol–water partition coefficient (Wildman–Crippen LogP) is 5.61. The van der Waals surface area contributed by atoms with Gasteiger partial charge in [-0.1, -0.05) is 23.8 Å². The van der Waals surface area contributed by atoms with Gasteiger partial charge >= 0.3 is 18.1 Å². The molecule has 0 bridgehead atoms. The van der Waals surface area contributed by atoms with Crippen molar-refractivity contribution in [1.82, 2.24) is 0 Å². The smallest absolute Gasteiger partial charge is 0.419 e. The fourth-order valence-electron chi connectivity index (χ4n) is 3.97. The van der Waals surface area contributed by atoms with Crippen molar-refractivity contribution in [2.24, 2.45) is 0 Å². The molecule has 0 unspecified atom stereocenters. The van der Waals surface area contributed by atoms with E-state index in [0.29, 0.717) is 29.8 Å². The third-order valence-electron chi connectivity index (χ3n) is 5.72. The third-order valence-corrected chi connectivity index (χ3v) is 5.72. The number of hydrogen-bond donors (Lipinski definition) is 1. The second-order valence-electron chi connectivity index (χ2n) is 7.91. The number of hydrogen-bond acceptors (Lipinski definition) is 6. The van der Waals surface area contributed by atoms with E-state index in [1.807, 2.05) is 19.9 Å². The van der Waals surface area contributed by atoms with Crippen LogP contribution in [0.15, 0.2) is 35.9 Å². The summed E-state index contributed by atoms with van der Waals surface area (Å²) in [5, 5.41) is 3.07. The highest BCUT2D eigenvalue weighted by Gasteiger charge is 2.34. The van der Waals surface area contributed by atoms with E-state index >= 15 is 0 Å². The number of carbonyl (C=O) groups is 2. The highest BCUT2D eigenvalue weighted by atomic mass is 19.4. The predicted molar refractivity (Wildman–Crippen MR) is 120 cm³/mol. The van der Waals surface area contributed by atoms with E-state index in [4.69, 9.17) is 14.2 Å². The molecule has 0 radical (unpaired) electrons. The molecule has 6 nitrogen and oxygen atoms in total. The maximum Gasteiger partial charge on any atom is 0.419 e. The summed E-state index contributed by atoms with van der Waals surface area (Å²) in [5.41, 5.74) is 3.37. The molecule has 0 atom stereocenters. The number of allylic oxidation sites excluding steroid dienone is 2. The second-order valence-corrected chi connectivity index (χ2v) is 7.91. The molecule has 2 aromatic carbocycles. The van der Waals surface area contributed by atoms with Crippen LogP contribution in [0.2, 0.25) is 0 Å². The molecular weight excluding hydrogens is 451 g/mol. The number of alkyl halides is 3. The maximum absolute atomic E-state index is 13.1. The molecule has 0 aromatic heterocycles. The normalized spacial score (nSPS) is 13.4. The van der Waals surface area contributed by atoms with Gasteiger partial charge in [0, 0.05) is 24.6 Å². The van der Waals surface area contributed by atoms with Gasteiger partial charge in [-0.05, 0) is 44.4 Å². The van der Waals surface area contributed by atoms with E-state index in [-0.39, 0.29) is 13.0 Å². The minimum atomic E-state index is -4.61. The van der Waals surface area contributed by atoms with Gasteiger partial charge in [-0.15, -0.1) is 0 Å². The van der Waals surface area contributed by atoms with Gasteiger partial charge in [0.05, 0.1) is 23.9 Å². The molecule has 182 valence electrons. The van der Waals surface area contributed by atoms with Crippen molar-refractivity contribution in [3.8, 4) is 11.5 Å². The first-order valence-electron chi connectivity index (χ1n) is 10.7. The average Bonchev–Trinajstić information content (AvgIpc) is 3.18. The monoisotopic (exact) mass is 477 g/mol. The zero-order valence-electron chi connectivity index (χ0n) is 19.4. The van der Waals surface area contributed by atoms with Gasteiger partial charge in [-0.3, -0.25) is 4.79 Å². The molecule has 0 aliphatic carbocycles. The van der Waals surface area contributed by atoms with Gasteiger partial charge in [0.2, 0.25) is 0 Å². The zero-order valence-corrected chi connectivity index (χ0v) is 19.4. The number of carbonyl (C=O) groups excluding carboxylic acids is 2. The number of para-hydroxylation sites is 1. The van der Waals surface area contributed by atoms with Crippen molar-refractivity contribution in [3.63, 3.8) is 0 Å². The second kappa shape index (κ2) is 10.2. The lowest BCUT2D eigenvalue weighted by Crippen LogP contribution is -2.13. The Morgan fingerprint density at radius 2 is 1.94 bits per heavy atom. The molecule has 34 heavy (non-hydrogen) atoms. The van der Waals surface area contributed by atoms with Crippen LogP contribution in [0.5, 0.6) is 11.5 Å². The summed E-state index contributed by atoms with van der Waals surface area (Å²) in [4.78, 5) is 24.4. The number of anilines is 1. The zero-order chi connectivity index (χ0) is 25.0. The summed E-state index contributed by atoms with van der Waals surface area (Å²) >= 11 is 0. The van der Waals surface area contributed by atoms with Crippen LogP contribution in [0.1, 0.15) is 52.4 Å². The molecule has 0 saturated carbocycles. The number of methoxy groups -OCH3 is 1. The fraction of sp³-hybridized carbons (Fsp3) is 0.360. The lowest BCUT2D eigenvalue weighted by Gasteiger charge is -2.19. The molecular formula is C25H26F3NO5. The minimum absolute atomic E-state index is 0.0832. The van der Waals surface area contributed by atoms with Crippen molar-refractivity contribution >= 4 is 17.6 Å². The first-order valence-corrected chi connectivity index (χ1v) is 10.7. The van der Waals surface area contributed by atoms with Crippen molar-refractivity contribution in [2.45, 2.75) is 45.9 Å². The number of fused-ring (bicyclic) bond motifs is 1. The molecule has 1 aliphatic heterocycles. The number of ether oxygens (including phenoxy) is 3. The van der Waals surface area contributed by atoms with Crippen LogP contribution in [0.3, 0.4) is 0 Å². The summed E-state index contributed by atoms with van der Waals surface area (Å²) in [6, 6.07) is 4.61. The number of halogens is 3. The van der Waals surface area contributed by atoms with E-state index in [1.54, 1.807) is 14.2 Å². The quantitative estimate of drug-likeness (QED) is 0.303. The lowest BCUT2D eigenvalue weighted by atomic mass is 9.93. The molecule has 1 N–H and O–H groups in total. The van der Waals surface area contributed by atoms with Crippen molar-refractivity contribution in [2.75, 3.05) is 19.5 Å². The Labute approximate surface area is 195 Å². The molecule has 0 saturated heterocycles. The Morgan fingerprint density at radius 1 is 1.24 bits per heavy atom. The standard InChI is InChI=1S/C25H26F3NO5/c1-14(10-12-20(30)34-19-8-6-5-7-18(19)25(26,27)28)9-11-16-22(29-3)21-17(13-33-24(21)31)15(2)23(16)32-4/h5-9,29H,10-13H2,1-4H3. The van der Waals surface area contributed by atoms with Gasteiger partial charge in [0.1, 0.15) is 18.1 Å². The Kier molecular flexibility index (Phi) is 7.54. The number of esters is 2. The van der Waals surface area contributed by atoms with E-state index in [1.165, 1.54) is 12.1 Å². The van der Waals surface area contributed by atoms with Crippen molar-refractivity contribution in [1.29, 1.82) is 0 Å². The first kappa shape index (κ1) is 25.1. The van der Waals surface area contributed by atoms with Crippen LogP contribution in [-0.2, 0) is 28.7 Å². The van der Waals surface area contributed by atoms with Crippen LogP contribution in [-0.4, -0.2) is 26.1 Å². The number of benzene rings is 2. The Hall–Kier alpha value is -3.49. The average molecular weight is 477 g/mol. The summed E-state index contributed by atoms with van der Waals surface area (Å²) in [7, 11) is 3.27. The first-order chi connectivity index (χ1) is 16.1. The van der Waals surface area contributed by atoms with Crippen LogP contribution in [0, 0.1) is 6.92 Å². The van der Waals surface area contributed by atoms with Crippen LogP contribution in [0.25, 0.3) is 0 Å². The summed E-state index contributed by atoms with van der Waals surface area (Å²) in [6.45, 7) is 3.88. The molecule has 3 rings (SSSR count). The van der Waals surface area contributed by atoms with Gasteiger partial charge < -0.3 is 19.5 Å². The number of cyclic esters (lactones) is 1. The molecule has 1 heterocycles. The van der Waals surface area contributed by atoms with Crippen LogP contribution >= 0.6 is 0 Å². The van der Waals surface area contributed by atoms with Gasteiger partial charge in [0.25, 0.3) is 0 Å². The highest BCUT2D eigenvalue weighted by Crippen LogP contribution is 2.41. The van der Waals surface area contributed by atoms with Crippen molar-refractivity contribution in [3.05, 3.63) is 63.7 Å². The highest BCUT2D eigenvalue weighted by molar-refractivity contribution is 6.01. The van der Waals surface area contributed by atoms with Crippen molar-refractivity contribution < 1.29 is 37.0 Å². The van der Waals surface area contributed by atoms with Crippen LogP contribution in [0.4, 0.5) is 18.9 Å². The van der Waals surface area contributed by atoms with E-state index in [0.717, 1.165) is 34.4 Å². The fourth-order valence-corrected chi connectivity index (χ4v) is 3.97. The molecule has 1 aliphatic rings. The van der Waals surface area contributed by atoms with E-state index in [9.17, 15) is 22.8 Å². The Morgan fingerprint density at radius 3 is 2.59 bits per heavy atom. The summed E-state index contributed by atoms with van der Waals surface area (Å²) in [6.07, 6.45) is -2.09. The molecule has 2 aromatic rings. The molecule has 0 fully saturated rings. The van der Waals surface area contributed by atoms with Gasteiger partial charge in [0.15, 0.2) is 0 Å². The van der Waals surface area contributed by atoms with E-state index in [2.05, 4.69) is 5.32 Å². The van der Waals surface area contributed by atoms with Gasteiger partial charge in [-0.25, -0.2) is 4.79 Å². The summed E-state index contributed by atoms with van der Waals surface area (Å²) in [5.74, 6) is -1.01. The Balaban J connectivity index is 1.72. The van der Waals surface area contributed by atoms with Gasteiger partial charge in [-0.2, -0.15) is 13.2 Å². The largest absolute Gasteiger partial charge is 0.496 e. The molecule has 9 heteroatoms. The third kappa shape index (κ3) is 5.18. The number of rotatable bonds is 8. The number of nitrogens with one attached hydrogen (secondary N) is 1. The molecule has 0 amide bonds. The summed E-state index contributed by atoms with van der Waals surface area (Å²) < 4.78 is 55.0. The molecule has 0 spiro atoms. The maximum atomic E-state index is 13.1. The minimum Gasteiger partial charge on any atom is -0.496 e. The lowest BCUT2D eigenvalue weighted by molar-refractivity contribution is -0.142. The topological polar surface area (TPSA) is 73.9 Å².